The summed E-state index contributed by atoms with van der Waals surface area (Å²) in [5.74, 6) is 0. The quantitative estimate of drug-likeness (QED) is 0.631. The van der Waals surface area contributed by atoms with Gasteiger partial charge in [-0.05, 0) is 33.4 Å². The molecule has 0 aromatic heterocycles. The zero-order valence-electron chi connectivity index (χ0n) is 9.71. The summed E-state index contributed by atoms with van der Waals surface area (Å²) in [7, 11) is 3.89. The molecule has 0 N–H and O–H groups in total. The normalized spacial score (nSPS) is 29.1. The van der Waals surface area contributed by atoms with Crippen molar-refractivity contribution in [1.29, 1.82) is 0 Å². The zero-order chi connectivity index (χ0) is 10.4. The van der Waals surface area contributed by atoms with Crippen molar-refractivity contribution >= 4 is 9.52 Å². The SMILES string of the molecule is C[SiH2]C1(OCCN(C)C)CCCCO1. The molecule has 4 heteroatoms. The molecule has 1 saturated heterocycles. The molecule has 0 aliphatic carbocycles. The van der Waals surface area contributed by atoms with Crippen molar-refractivity contribution in [2.75, 3.05) is 33.9 Å². The minimum absolute atomic E-state index is 0.131. The van der Waals surface area contributed by atoms with Gasteiger partial charge in [0.15, 0.2) is 0 Å². The van der Waals surface area contributed by atoms with E-state index in [1.54, 1.807) is 0 Å². The van der Waals surface area contributed by atoms with Gasteiger partial charge in [0.25, 0.3) is 0 Å². The Morgan fingerprint density at radius 2 is 2.21 bits per heavy atom. The second-order valence-electron chi connectivity index (χ2n) is 4.22. The van der Waals surface area contributed by atoms with Crippen LogP contribution in [0.4, 0.5) is 0 Å². The lowest BCUT2D eigenvalue weighted by atomic mass is 10.2. The van der Waals surface area contributed by atoms with Crippen LogP contribution in [-0.2, 0) is 9.47 Å². The summed E-state index contributed by atoms with van der Waals surface area (Å²) in [6, 6.07) is 0. The molecule has 1 rings (SSSR count). The Kier molecular flexibility index (Phi) is 5.09. The third-order valence-electron chi connectivity index (χ3n) is 2.76. The molecular formula is C10H23NO2Si. The first kappa shape index (κ1) is 12.2. The summed E-state index contributed by atoms with van der Waals surface area (Å²) >= 11 is 0. The van der Waals surface area contributed by atoms with Crippen LogP contribution in [0.3, 0.4) is 0 Å². The number of nitrogens with zero attached hydrogens (tertiary/aromatic N) is 1. The summed E-state index contributed by atoms with van der Waals surface area (Å²) in [5.41, 5.74) is -0.131. The van der Waals surface area contributed by atoms with Crippen LogP contribution in [-0.4, -0.2) is 53.7 Å². The zero-order valence-corrected chi connectivity index (χ0v) is 11.1. The van der Waals surface area contributed by atoms with Crippen LogP contribution in [0.1, 0.15) is 19.3 Å². The van der Waals surface area contributed by atoms with E-state index >= 15 is 0 Å². The molecule has 0 radical (unpaired) electrons. The van der Waals surface area contributed by atoms with Gasteiger partial charge in [0.1, 0.15) is 5.41 Å². The number of hydrogen-bond donors (Lipinski definition) is 0. The Morgan fingerprint density at radius 1 is 1.43 bits per heavy atom. The number of ether oxygens (including phenoxy) is 2. The predicted octanol–water partition coefficient (Wildman–Crippen LogP) is 0.636. The van der Waals surface area contributed by atoms with Gasteiger partial charge < -0.3 is 14.4 Å². The van der Waals surface area contributed by atoms with Gasteiger partial charge in [-0.15, -0.1) is 0 Å². The highest BCUT2D eigenvalue weighted by Gasteiger charge is 2.31. The van der Waals surface area contributed by atoms with Gasteiger partial charge >= 0.3 is 0 Å². The maximum atomic E-state index is 5.93. The van der Waals surface area contributed by atoms with E-state index in [-0.39, 0.29) is 14.9 Å². The van der Waals surface area contributed by atoms with E-state index in [4.69, 9.17) is 9.47 Å². The first-order valence-corrected chi connectivity index (χ1v) is 7.73. The largest absolute Gasteiger partial charge is 0.354 e. The minimum atomic E-state index is -0.246. The van der Waals surface area contributed by atoms with E-state index in [9.17, 15) is 0 Å². The van der Waals surface area contributed by atoms with E-state index in [1.807, 2.05) is 0 Å². The first-order valence-electron chi connectivity index (χ1n) is 5.61. The first-order chi connectivity index (χ1) is 6.68. The predicted molar refractivity (Wildman–Crippen MR) is 61.4 cm³/mol. The topological polar surface area (TPSA) is 21.7 Å². The van der Waals surface area contributed by atoms with E-state index in [2.05, 4.69) is 25.5 Å². The monoisotopic (exact) mass is 217 g/mol. The molecule has 14 heavy (non-hydrogen) atoms. The summed E-state index contributed by atoms with van der Waals surface area (Å²) in [5, 5.41) is 0. The van der Waals surface area contributed by atoms with Gasteiger partial charge in [0.2, 0.25) is 0 Å². The Bertz CT molecular complexity index is 158. The second kappa shape index (κ2) is 5.85. The molecule has 1 atom stereocenters. The summed E-state index contributed by atoms with van der Waals surface area (Å²) in [4.78, 5) is 2.15. The molecule has 3 nitrogen and oxygen atoms in total. The Morgan fingerprint density at radius 3 is 2.71 bits per heavy atom. The fourth-order valence-corrected chi connectivity index (χ4v) is 3.04. The van der Waals surface area contributed by atoms with Crippen molar-refractivity contribution in [2.45, 2.75) is 31.2 Å². The van der Waals surface area contributed by atoms with E-state index in [0.29, 0.717) is 0 Å². The molecule has 0 bridgehead atoms. The van der Waals surface area contributed by atoms with Gasteiger partial charge in [-0.2, -0.15) is 0 Å². The Hall–Kier alpha value is 0.0969. The average Bonchev–Trinajstić information content (AvgIpc) is 2.19. The molecule has 84 valence electrons. The Balaban J connectivity index is 2.29. The lowest BCUT2D eigenvalue weighted by Crippen LogP contribution is -2.45. The summed E-state index contributed by atoms with van der Waals surface area (Å²) in [6.07, 6.45) is 3.58. The molecule has 0 aromatic carbocycles. The number of hydrogen-bond acceptors (Lipinski definition) is 3. The molecule has 1 unspecified atom stereocenters. The van der Waals surface area contributed by atoms with Crippen LogP contribution in [0.2, 0.25) is 6.55 Å². The van der Waals surface area contributed by atoms with Crippen molar-refractivity contribution < 1.29 is 9.47 Å². The van der Waals surface area contributed by atoms with Crippen LogP contribution in [0.25, 0.3) is 0 Å². The fourth-order valence-electron chi connectivity index (χ4n) is 1.74. The van der Waals surface area contributed by atoms with Crippen molar-refractivity contribution in [3.63, 3.8) is 0 Å². The van der Waals surface area contributed by atoms with Gasteiger partial charge in [0.05, 0.1) is 16.1 Å². The average molecular weight is 217 g/mol. The highest BCUT2D eigenvalue weighted by atomic mass is 28.2. The van der Waals surface area contributed by atoms with E-state index in [1.165, 1.54) is 12.8 Å². The van der Waals surface area contributed by atoms with Gasteiger partial charge in [0, 0.05) is 13.2 Å². The lowest BCUT2D eigenvalue weighted by molar-refractivity contribution is -0.201. The molecule has 0 amide bonds. The number of likely N-dealkylation sites (N-methyl/N-ethyl adjacent to an activating group) is 1. The maximum absolute atomic E-state index is 5.93. The van der Waals surface area contributed by atoms with Crippen LogP contribution in [0, 0.1) is 0 Å². The van der Waals surface area contributed by atoms with Gasteiger partial charge in [-0.3, -0.25) is 0 Å². The molecule has 1 fully saturated rings. The highest BCUT2D eigenvalue weighted by molar-refractivity contribution is 6.37. The van der Waals surface area contributed by atoms with Crippen LogP contribution in [0.15, 0.2) is 0 Å². The molecule has 1 heterocycles. The molecule has 0 aromatic rings. The van der Waals surface area contributed by atoms with Crippen LogP contribution < -0.4 is 0 Å². The van der Waals surface area contributed by atoms with Crippen molar-refractivity contribution in [2.24, 2.45) is 0 Å². The molecular weight excluding hydrogens is 194 g/mol. The van der Waals surface area contributed by atoms with Crippen LogP contribution in [0.5, 0.6) is 0 Å². The van der Waals surface area contributed by atoms with Crippen LogP contribution >= 0.6 is 0 Å². The van der Waals surface area contributed by atoms with Crippen molar-refractivity contribution in [3.8, 4) is 0 Å². The van der Waals surface area contributed by atoms with Gasteiger partial charge in [-0.25, -0.2) is 0 Å². The lowest BCUT2D eigenvalue weighted by Gasteiger charge is -2.36. The third-order valence-corrected chi connectivity index (χ3v) is 4.60. The van der Waals surface area contributed by atoms with E-state index < -0.39 is 0 Å². The van der Waals surface area contributed by atoms with Gasteiger partial charge in [-0.1, -0.05) is 6.55 Å². The molecule has 0 spiro atoms. The second-order valence-corrected chi connectivity index (χ2v) is 6.01. The van der Waals surface area contributed by atoms with E-state index in [0.717, 1.165) is 26.2 Å². The Labute approximate surface area is 89.6 Å². The minimum Gasteiger partial charge on any atom is -0.354 e. The standard InChI is InChI=1S/C10H23NO2Si/c1-11(2)7-9-13-10(14-3)6-4-5-8-12-10/h4-9,14H2,1-3H3. The summed E-state index contributed by atoms with van der Waals surface area (Å²) in [6.45, 7) is 4.96. The third kappa shape index (κ3) is 3.69. The highest BCUT2D eigenvalue weighted by Crippen LogP contribution is 2.25. The van der Waals surface area contributed by atoms with Crippen molar-refractivity contribution in [1.82, 2.24) is 4.90 Å². The number of rotatable bonds is 5. The molecule has 1 aliphatic heterocycles. The molecule has 1 aliphatic rings. The smallest absolute Gasteiger partial charge is 0.144 e. The summed E-state index contributed by atoms with van der Waals surface area (Å²) < 4.78 is 11.7. The fraction of sp³-hybridized carbons (Fsp3) is 1.00. The van der Waals surface area contributed by atoms with Crippen molar-refractivity contribution in [3.05, 3.63) is 0 Å². The molecule has 0 saturated carbocycles. The maximum Gasteiger partial charge on any atom is 0.144 e.